The van der Waals surface area contributed by atoms with Crippen molar-refractivity contribution in [3.63, 3.8) is 0 Å². The minimum Gasteiger partial charge on any atom is -0.507 e. The molecule has 5 atom stereocenters. The first kappa shape index (κ1) is 27.0. The quantitative estimate of drug-likeness (QED) is 0.347. The molecule has 0 aromatic heterocycles. The SMILES string of the molecule is CC1=C(CCCC(=O)N[C@@H]2[C@@H](O)[C@H](O)[C@@H](CO)O[C@@H]2Sc2ccccc2)C(=O)c2c(O)cccc2C1=O. The Morgan fingerprint density at radius 1 is 1.03 bits per heavy atom. The molecule has 1 fully saturated rings. The number of phenols is 1. The molecular weight excluding hydrogens is 498 g/mol. The highest BCUT2D eigenvalue weighted by atomic mass is 32.2. The molecule has 37 heavy (non-hydrogen) atoms. The molecule has 10 heteroatoms. The van der Waals surface area contributed by atoms with Gasteiger partial charge in [-0.1, -0.05) is 42.1 Å². The minimum atomic E-state index is -1.39. The van der Waals surface area contributed by atoms with Crippen molar-refractivity contribution in [1.82, 2.24) is 5.32 Å². The van der Waals surface area contributed by atoms with Crippen LogP contribution in [0.1, 0.15) is 46.9 Å². The maximum Gasteiger partial charge on any atom is 0.220 e. The zero-order valence-electron chi connectivity index (χ0n) is 20.2. The number of hydrogen-bond acceptors (Lipinski definition) is 9. The number of fused-ring (bicyclic) bond motifs is 1. The molecule has 1 amide bonds. The lowest BCUT2D eigenvalue weighted by Crippen LogP contribution is -2.63. The first-order valence-corrected chi connectivity index (χ1v) is 12.9. The molecular formula is C27H29NO8S. The van der Waals surface area contributed by atoms with Gasteiger partial charge in [-0.25, -0.2) is 0 Å². The number of Topliss-reactive ketones (excluding diaryl/α,β-unsaturated/α-hetero) is 2. The summed E-state index contributed by atoms with van der Waals surface area (Å²) >= 11 is 1.25. The first-order valence-electron chi connectivity index (χ1n) is 12.0. The van der Waals surface area contributed by atoms with E-state index in [1.165, 1.54) is 30.0 Å². The third kappa shape index (κ3) is 5.63. The van der Waals surface area contributed by atoms with E-state index in [-0.39, 0.29) is 53.1 Å². The summed E-state index contributed by atoms with van der Waals surface area (Å²) in [4.78, 5) is 39.3. The summed E-state index contributed by atoms with van der Waals surface area (Å²) in [6, 6.07) is 12.6. The Bertz CT molecular complexity index is 1210. The van der Waals surface area contributed by atoms with Crippen LogP contribution in [0.3, 0.4) is 0 Å². The van der Waals surface area contributed by atoms with Crippen molar-refractivity contribution in [1.29, 1.82) is 0 Å². The number of thioether (sulfide) groups is 1. The number of allylic oxidation sites excluding steroid dienone is 2. The lowest BCUT2D eigenvalue weighted by atomic mass is 9.82. The highest BCUT2D eigenvalue weighted by molar-refractivity contribution is 7.99. The van der Waals surface area contributed by atoms with Crippen LogP contribution in [0.4, 0.5) is 0 Å². The summed E-state index contributed by atoms with van der Waals surface area (Å²) in [6.07, 6.45) is -3.40. The predicted molar refractivity (Wildman–Crippen MR) is 135 cm³/mol. The number of nitrogens with one attached hydrogen (secondary N) is 1. The van der Waals surface area contributed by atoms with Gasteiger partial charge in [-0.15, -0.1) is 0 Å². The molecule has 1 aliphatic heterocycles. The van der Waals surface area contributed by atoms with Crippen LogP contribution in [-0.4, -0.2) is 74.3 Å². The molecule has 2 aromatic carbocycles. The highest BCUT2D eigenvalue weighted by Crippen LogP contribution is 2.35. The van der Waals surface area contributed by atoms with Crippen LogP contribution in [0.2, 0.25) is 0 Å². The molecule has 4 rings (SSSR count). The van der Waals surface area contributed by atoms with E-state index < -0.39 is 48.1 Å². The number of carbonyl (C=O) groups is 3. The van der Waals surface area contributed by atoms with Crippen LogP contribution in [0, 0.1) is 0 Å². The normalized spacial score (nSPS) is 25.7. The number of ketones is 2. The van der Waals surface area contributed by atoms with Gasteiger partial charge in [-0.3, -0.25) is 14.4 Å². The fourth-order valence-corrected chi connectivity index (χ4v) is 5.74. The van der Waals surface area contributed by atoms with E-state index in [1.807, 2.05) is 30.3 Å². The van der Waals surface area contributed by atoms with Crippen molar-refractivity contribution in [3.05, 3.63) is 70.8 Å². The van der Waals surface area contributed by atoms with Crippen LogP contribution in [0.5, 0.6) is 5.75 Å². The average molecular weight is 528 g/mol. The van der Waals surface area contributed by atoms with Crippen LogP contribution < -0.4 is 5.32 Å². The van der Waals surface area contributed by atoms with Crippen molar-refractivity contribution in [2.45, 2.75) is 60.9 Å². The van der Waals surface area contributed by atoms with E-state index in [2.05, 4.69) is 5.32 Å². The van der Waals surface area contributed by atoms with Crippen LogP contribution in [-0.2, 0) is 9.53 Å². The van der Waals surface area contributed by atoms with Crippen LogP contribution in [0.15, 0.2) is 64.6 Å². The van der Waals surface area contributed by atoms with E-state index >= 15 is 0 Å². The molecule has 2 aromatic rings. The largest absolute Gasteiger partial charge is 0.507 e. The summed E-state index contributed by atoms with van der Waals surface area (Å²) in [5, 5.41) is 43.4. The Hall–Kier alpha value is -3.02. The van der Waals surface area contributed by atoms with Crippen LogP contribution >= 0.6 is 11.8 Å². The number of phenolic OH excluding ortho intramolecular Hbond substituents is 1. The molecule has 0 spiro atoms. The minimum absolute atomic E-state index is 0.0165. The highest BCUT2D eigenvalue weighted by Gasteiger charge is 2.45. The second-order valence-corrected chi connectivity index (χ2v) is 10.2. The molecule has 0 saturated carbocycles. The summed E-state index contributed by atoms with van der Waals surface area (Å²) in [6.45, 7) is 1.06. The standard InChI is InChI=1S/C27H29NO8S/c1-14-16(24(33)21-17(23(14)32)10-5-11-18(21)30)9-6-12-20(31)28-22-26(35)25(34)19(13-29)36-27(22)37-15-7-3-2-4-8-15/h2-5,7-8,10-11,19,22,25-27,29-30,34-35H,6,9,12-13H2,1H3,(H,28,31)/t19-,22-,25-,26-,27-/m1/s1. The van der Waals surface area contributed by atoms with Crippen LogP contribution in [0.25, 0.3) is 0 Å². The Morgan fingerprint density at radius 2 is 1.76 bits per heavy atom. The molecule has 5 N–H and O–H groups in total. The fourth-order valence-electron chi connectivity index (χ4n) is 4.58. The zero-order valence-corrected chi connectivity index (χ0v) is 21.0. The first-order chi connectivity index (χ1) is 17.7. The topological polar surface area (TPSA) is 153 Å². The number of aromatic hydroxyl groups is 1. The lowest BCUT2D eigenvalue weighted by Gasteiger charge is -2.42. The number of aliphatic hydroxyl groups excluding tert-OH is 3. The summed E-state index contributed by atoms with van der Waals surface area (Å²) in [7, 11) is 0. The molecule has 196 valence electrons. The van der Waals surface area contributed by atoms with Crippen molar-refractivity contribution in [3.8, 4) is 5.75 Å². The Balaban J connectivity index is 1.41. The van der Waals surface area contributed by atoms with Crippen molar-refractivity contribution < 1.29 is 39.5 Å². The monoisotopic (exact) mass is 527 g/mol. The van der Waals surface area contributed by atoms with Crippen molar-refractivity contribution >= 4 is 29.2 Å². The maximum atomic E-state index is 13.0. The number of rotatable bonds is 8. The number of carbonyl (C=O) groups excluding carboxylic acids is 3. The Kier molecular flexibility index (Phi) is 8.46. The van der Waals surface area contributed by atoms with Crippen molar-refractivity contribution in [2.75, 3.05) is 6.61 Å². The van der Waals surface area contributed by atoms with E-state index in [9.17, 15) is 34.8 Å². The zero-order chi connectivity index (χ0) is 26.7. The summed E-state index contributed by atoms with van der Waals surface area (Å²) in [5.41, 5.74) is -0.0854. The molecule has 2 aliphatic rings. The number of aliphatic hydroxyl groups is 3. The van der Waals surface area contributed by atoms with E-state index in [4.69, 9.17) is 4.74 Å². The number of hydrogen-bond donors (Lipinski definition) is 5. The molecule has 0 bridgehead atoms. The fraction of sp³-hybridized carbons (Fsp3) is 0.370. The second-order valence-electron chi connectivity index (χ2n) is 9.05. The van der Waals surface area contributed by atoms with Gasteiger partial charge < -0.3 is 30.5 Å². The van der Waals surface area contributed by atoms with E-state index in [0.29, 0.717) is 0 Å². The average Bonchev–Trinajstić information content (AvgIpc) is 2.89. The molecule has 9 nitrogen and oxygen atoms in total. The van der Waals surface area contributed by atoms with Gasteiger partial charge in [0.25, 0.3) is 0 Å². The molecule has 1 saturated heterocycles. The molecule has 1 heterocycles. The Labute approximate surface area is 218 Å². The van der Waals surface area contributed by atoms with Gasteiger partial charge in [-0.2, -0.15) is 0 Å². The molecule has 0 unspecified atom stereocenters. The second kappa shape index (κ2) is 11.6. The van der Waals surface area contributed by atoms with Crippen molar-refractivity contribution in [2.24, 2.45) is 0 Å². The van der Waals surface area contributed by atoms with Gasteiger partial charge in [-0.05, 0) is 38.0 Å². The van der Waals surface area contributed by atoms with Gasteiger partial charge in [0.05, 0.1) is 18.2 Å². The van der Waals surface area contributed by atoms with Gasteiger partial charge in [0, 0.05) is 28.0 Å². The number of ether oxygens (including phenoxy) is 1. The third-order valence-corrected chi connectivity index (χ3v) is 7.80. The van der Waals surface area contributed by atoms with Gasteiger partial charge in [0.1, 0.15) is 29.5 Å². The third-order valence-electron chi connectivity index (χ3n) is 6.62. The predicted octanol–water partition coefficient (Wildman–Crippen LogP) is 1.97. The van der Waals surface area contributed by atoms with E-state index in [1.54, 1.807) is 6.92 Å². The lowest BCUT2D eigenvalue weighted by molar-refractivity contribution is -0.173. The Morgan fingerprint density at radius 3 is 2.46 bits per heavy atom. The number of amides is 1. The van der Waals surface area contributed by atoms with Gasteiger partial charge in [0.15, 0.2) is 11.6 Å². The maximum absolute atomic E-state index is 13.0. The van der Waals surface area contributed by atoms with Gasteiger partial charge in [0.2, 0.25) is 5.91 Å². The number of benzene rings is 2. The smallest absolute Gasteiger partial charge is 0.220 e. The van der Waals surface area contributed by atoms with Gasteiger partial charge >= 0.3 is 0 Å². The summed E-state index contributed by atoms with van der Waals surface area (Å²) in [5.74, 6) is -1.46. The van der Waals surface area contributed by atoms with E-state index in [0.717, 1.165) is 4.90 Å². The molecule has 1 aliphatic carbocycles. The molecule has 0 radical (unpaired) electrons. The summed E-state index contributed by atoms with van der Waals surface area (Å²) < 4.78 is 5.79.